The maximum Gasteiger partial charge on any atom is 0.316 e. The van der Waals surface area contributed by atoms with E-state index in [0.29, 0.717) is 15.8 Å². The molecule has 6 heteroatoms. The fourth-order valence-corrected chi connectivity index (χ4v) is 2.84. The minimum absolute atomic E-state index is 0.169. The van der Waals surface area contributed by atoms with E-state index in [1.54, 1.807) is 17.5 Å². The van der Waals surface area contributed by atoms with Crippen LogP contribution >= 0.6 is 22.9 Å². The van der Waals surface area contributed by atoms with Crippen LogP contribution in [0.4, 0.5) is 5.13 Å². The van der Waals surface area contributed by atoms with Crippen LogP contribution in [0.25, 0.3) is 0 Å². The van der Waals surface area contributed by atoms with Crippen molar-refractivity contribution in [2.75, 3.05) is 5.73 Å². The number of hydrogen-bond acceptors (Lipinski definition) is 5. The van der Waals surface area contributed by atoms with Gasteiger partial charge in [-0.1, -0.05) is 23.7 Å². The number of nitrogens with two attached hydrogens (primary N) is 1. The summed E-state index contributed by atoms with van der Waals surface area (Å²) in [6.45, 7) is 0.169. The van der Waals surface area contributed by atoms with Gasteiger partial charge in [-0.2, -0.15) is 0 Å². The molecule has 0 unspecified atom stereocenters. The van der Waals surface area contributed by atoms with Gasteiger partial charge in [0.25, 0.3) is 0 Å². The molecule has 2 N–H and O–H groups in total. The maximum absolute atomic E-state index is 12.3. The molecule has 0 atom stereocenters. The van der Waals surface area contributed by atoms with Crippen LogP contribution < -0.4 is 5.73 Å². The van der Waals surface area contributed by atoms with Crippen molar-refractivity contribution < 1.29 is 9.53 Å². The molecule has 0 bridgehead atoms. The molecule has 1 aromatic carbocycles. The van der Waals surface area contributed by atoms with Crippen molar-refractivity contribution >= 4 is 34.0 Å². The number of carbonyl (C=O) groups excluding carboxylic acids is 1. The van der Waals surface area contributed by atoms with E-state index in [0.717, 1.165) is 18.4 Å². The zero-order valence-electron chi connectivity index (χ0n) is 10.6. The van der Waals surface area contributed by atoms with Crippen LogP contribution in [0.2, 0.25) is 5.02 Å². The van der Waals surface area contributed by atoms with Gasteiger partial charge in [-0.15, -0.1) is 11.3 Å². The third kappa shape index (κ3) is 2.51. The lowest BCUT2D eigenvalue weighted by Crippen LogP contribution is -2.23. The molecule has 1 aliphatic carbocycles. The molecule has 2 aromatic rings. The first-order valence-corrected chi connectivity index (χ1v) is 7.49. The van der Waals surface area contributed by atoms with E-state index in [9.17, 15) is 4.79 Å². The van der Waals surface area contributed by atoms with Gasteiger partial charge in [0.15, 0.2) is 5.13 Å². The summed E-state index contributed by atoms with van der Waals surface area (Å²) < 4.78 is 5.37. The molecule has 1 aliphatic rings. The standard InChI is InChI=1S/C14H13ClN2O2S/c15-10-3-1-9(2-4-10)14(5-6-14)12(18)19-7-11-8-20-13(16)17-11/h1-4,8H,5-7H2,(H2,16,17). The summed E-state index contributed by atoms with van der Waals surface area (Å²) in [5, 5.41) is 2.94. The van der Waals surface area contributed by atoms with Crippen molar-refractivity contribution in [3.63, 3.8) is 0 Å². The van der Waals surface area contributed by atoms with Gasteiger partial charge < -0.3 is 10.5 Å². The number of nitrogens with zero attached hydrogens (tertiary/aromatic N) is 1. The van der Waals surface area contributed by atoms with Crippen LogP contribution in [0.5, 0.6) is 0 Å². The van der Waals surface area contributed by atoms with Gasteiger partial charge in [-0.25, -0.2) is 4.98 Å². The number of anilines is 1. The number of nitrogen functional groups attached to an aromatic ring is 1. The minimum Gasteiger partial charge on any atom is -0.458 e. The van der Waals surface area contributed by atoms with Gasteiger partial charge >= 0.3 is 5.97 Å². The molecule has 20 heavy (non-hydrogen) atoms. The Morgan fingerprint density at radius 3 is 2.65 bits per heavy atom. The smallest absolute Gasteiger partial charge is 0.316 e. The summed E-state index contributed by atoms with van der Waals surface area (Å²) in [5.74, 6) is -0.202. The summed E-state index contributed by atoms with van der Waals surface area (Å²) in [6, 6.07) is 7.37. The third-order valence-corrected chi connectivity index (χ3v) is 4.43. The molecule has 1 saturated carbocycles. The number of halogens is 1. The van der Waals surface area contributed by atoms with E-state index in [1.807, 2.05) is 12.1 Å². The number of aromatic nitrogens is 1. The predicted octanol–water partition coefficient (Wildman–Crippen LogP) is 3.15. The van der Waals surface area contributed by atoms with E-state index in [1.165, 1.54) is 11.3 Å². The summed E-state index contributed by atoms with van der Waals surface area (Å²) >= 11 is 7.21. The molecule has 3 rings (SSSR count). The first-order valence-electron chi connectivity index (χ1n) is 6.23. The zero-order chi connectivity index (χ0) is 14.2. The van der Waals surface area contributed by atoms with Gasteiger partial charge in [0.05, 0.1) is 11.1 Å². The van der Waals surface area contributed by atoms with E-state index in [-0.39, 0.29) is 12.6 Å². The normalized spacial score (nSPS) is 15.8. The Morgan fingerprint density at radius 1 is 1.40 bits per heavy atom. The van der Waals surface area contributed by atoms with Crippen molar-refractivity contribution in [3.8, 4) is 0 Å². The first kappa shape index (κ1) is 13.4. The topological polar surface area (TPSA) is 65.2 Å². The van der Waals surface area contributed by atoms with E-state index >= 15 is 0 Å². The number of carbonyl (C=O) groups is 1. The molecule has 1 heterocycles. The SMILES string of the molecule is Nc1nc(COC(=O)C2(c3ccc(Cl)cc3)CC2)cs1. The molecule has 0 amide bonds. The fourth-order valence-electron chi connectivity index (χ4n) is 2.17. The largest absolute Gasteiger partial charge is 0.458 e. The highest BCUT2D eigenvalue weighted by atomic mass is 35.5. The molecule has 1 aromatic heterocycles. The molecule has 0 aliphatic heterocycles. The first-order chi connectivity index (χ1) is 9.60. The Morgan fingerprint density at radius 2 is 2.10 bits per heavy atom. The quantitative estimate of drug-likeness (QED) is 0.881. The summed E-state index contributed by atoms with van der Waals surface area (Å²) in [6.07, 6.45) is 1.62. The van der Waals surface area contributed by atoms with E-state index in [4.69, 9.17) is 22.1 Å². The molecule has 0 radical (unpaired) electrons. The molecule has 104 valence electrons. The lowest BCUT2D eigenvalue weighted by molar-refractivity contribution is -0.148. The van der Waals surface area contributed by atoms with Crippen molar-refractivity contribution in [1.29, 1.82) is 0 Å². The van der Waals surface area contributed by atoms with Crippen LogP contribution in [0, 0.1) is 0 Å². The highest BCUT2D eigenvalue weighted by molar-refractivity contribution is 7.13. The van der Waals surface area contributed by atoms with Crippen LogP contribution in [-0.4, -0.2) is 11.0 Å². The Hall–Kier alpha value is -1.59. The molecular formula is C14H13ClN2O2S. The van der Waals surface area contributed by atoms with Crippen LogP contribution in [-0.2, 0) is 21.6 Å². The van der Waals surface area contributed by atoms with Crippen molar-refractivity contribution in [2.24, 2.45) is 0 Å². The zero-order valence-corrected chi connectivity index (χ0v) is 12.2. The van der Waals surface area contributed by atoms with E-state index < -0.39 is 5.41 Å². The number of benzene rings is 1. The highest BCUT2D eigenvalue weighted by Crippen LogP contribution is 2.49. The van der Waals surface area contributed by atoms with Gasteiger partial charge in [-0.05, 0) is 30.5 Å². The lowest BCUT2D eigenvalue weighted by Gasteiger charge is -2.14. The lowest BCUT2D eigenvalue weighted by atomic mass is 9.96. The summed E-state index contributed by atoms with van der Waals surface area (Å²) in [4.78, 5) is 16.4. The number of ether oxygens (including phenoxy) is 1. The van der Waals surface area contributed by atoms with Gasteiger partial charge in [0.2, 0.25) is 0 Å². The van der Waals surface area contributed by atoms with Gasteiger partial charge in [-0.3, -0.25) is 4.79 Å². The number of thiazole rings is 1. The van der Waals surface area contributed by atoms with Gasteiger partial charge in [0.1, 0.15) is 6.61 Å². The average Bonchev–Trinajstić information content (AvgIpc) is 3.15. The Balaban J connectivity index is 1.68. The molecular weight excluding hydrogens is 296 g/mol. The monoisotopic (exact) mass is 308 g/mol. The number of rotatable bonds is 4. The Kier molecular flexibility index (Phi) is 3.40. The Bertz CT molecular complexity index is 635. The van der Waals surface area contributed by atoms with Crippen molar-refractivity contribution in [3.05, 3.63) is 45.9 Å². The predicted molar refractivity (Wildman–Crippen MR) is 78.7 cm³/mol. The minimum atomic E-state index is -0.494. The fraction of sp³-hybridized carbons (Fsp3) is 0.286. The molecule has 1 fully saturated rings. The second-order valence-corrected chi connectivity index (χ2v) is 6.17. The van der Waals surface area contributed by atoms with E-state index in [2.05, 4.69) is 4.98 Å². The number of hydrogen-bond donors (Lipinski definition) is 1. The molecule has 0 saturated heterocycles. The van der Waals surface area contributed by atoms with Gasteiger partial charge in [0, 0.05) is 10.4 Å². The van der Waals surface area contributed by atoms with Crippen molar-refractivity contribution in [1.82, 2.24) is 4.98 Å². The summed E-state index contributed by atoms with van der Waals surface area (Å²) in [7, 11) is 0. The highest BCUT2D eigenvalue weighted by Gasteiger charge is 2.52. The maximum atomic E-state index is 12.3. The molecule has 0 spiro atoms. The molecule has 4 nitrogen and oxygen atoms in total. The van der Waals surface area contributed by atoms with Crippen LogP contribution in [0.15, 0.2) is 29.6 Å². The summed E-state index contributed by atoms with van der Waals surface area (Å²) in [5.41, 5.74) is 6.70. The van der Waals surface area contributed by atoms with Crippen LogP contribution in [0.3, 0.4) is 0 Å². The second kappa shape index (κ2) is 5.07. The van der Waals surface area contributed by atoms with Crippen molar-refractivity contribution in [2.45, 2.75) is 24.9 Å². The Labute approximate surface area is 125 Å². The third-order valence-electron chi connectivity index (χ3n) is 3.46. The average molecular weight is 309 g/mol. The van der Waals surface area contributed by atoms with Crippen LogP contribution in [0.1, 0.15) is 24.1 Å². The number of esters is 1. The second-order valence-electron chi connectivity index (χ2n) is 4.84.